The maximum atomic E-state index is 13.0. The van der Waals surface area contributed by atoms with Gasteiger partial charge in [-0.05, 0) is 72.9 Å². The summed E-state index contributed by atoms with van der Waals surface area (Å²) in [5, 5.41) is 11.8. The molecule has 1 aromatic heterocycles. The standard InChI is InChI=1S/C22H12ClN3O3S/c23-15-2-1-3-16(10-15)26-21(28)18(20(27)25-22(26)30)11-17-8-9-19(29-17)14-6-4-13(12-24)5-7-14/h1-11H,(H,25,27,30)/b18-11+. The lowest BCUT2D eigenvalue weighted by molar-refractivity contribution is -0.122. The van der Waals surface area contributed by atoms with E-state index in [1.54, 1.807) is 60.7 Å². The number of nitrogens with one attached hydrogen (secondary N) is 1. The topological polar surface area (TPSA) is 86.3 Å². The molecule has 1 aliphatic heterocycles. The van der Waals surface area contributed by atoms with Crippen molar-refractivity contribution >= 4 is 52.5 Å². The molecule has 146 valence electrons. The summed E-state index contributed by atoms with van der Waals surface area (Å²) in [6.07, 6.45) is 1.37. The number of benzene rings is 2. The van der Waals surface area contributed by atoms with Gasteiger partial charge in [0, 0.05) is 10.6 Å². The predicted octanol–water partition coefficient (Wildman–Crippen LogP) is 4.30. The summed E-state index contributed by atoms with van der Waals surface area (Å²) in [7, 11) is 0. The van der Waals surface area contributed by atoms with Crippen LogP contribution in [0.1, 0.15) is 11.3 Å². The fraction of sp³-hybridized carbons (Fsp3) is 0. The highest BCUT2D eigenvalue weighted by Gasteiger charge is 2.34. The predicted molar refractivity (Wildman–Crippen MR) is 117 cm³/mol. The number of carbonyl (C=O) groups excluding carboxylic acids is 2. The van der Waals surface area contributed by atoms with Crippen molar-refractivity contribution in [2.75, 3.05) is 4.90 Å². The Bertz CT molecular complexity index is 1260. The summed E-state index contributed by atoms with van der Waals surface area (Å²) in [6, 6.07) is 18.9. The normalized spacial score (nSPS) is 15.3. The van der Waals surface area contributed by atoms with Crippen LogP contribution < -0.4 is 10.2 Å². The quantitative estimate of drug-likeness (QED) is 0.378. The minimum atomic E-state index is -0.611. The molecule has 0 atom stereocenters. The van der Waals surface area contributed by atoms with E-state index in [2.05, 4.69) is 11.4 Å². The molecule has 30 heavy (non-hydrogen) atoms. The summed E-state index contributed by atoms with van der Waals surface area (Å²) in [6.45, 7) is 0. The van der Waals surface area contributed by atoms with Crippen molar-refractivity contribution in [2.24, 2.45) is 0 Å². The van der Waals surface area contributed by atoms with Gasteiger partial charge in [0.15, 0.2) is 5.11 Å². The number of thiocarbonyl (C=S) groups is 1. The zero-order valence-corrected chi connectivity index (χ0v) is 16.8. The van der Waals surface area contributed by atoms with Gasteiger partial charge in [-0.1, -0.05) is 17.7 Å². The zero-order valence-electron chi connectivity index (χ0n) is 15.3. The summed E-state index contributed by atoms with van der Waals surface area (Å²) in [5.41, 5.74) is 1.62. The van der Waals surface area contributed by atoms with E-state index in [1.165, 1.54) is 11.0 Å². The Balaban J connectivity index is 1.66. The second-order valence-electron chi connectivity index (χ2n) is 6.33. The molecular formula is C22H12ClN3O3S. The average molecular weight is 434 g/mol. The van der Waals surface area contributed by atoms with Crippen molar-refractivity contribution < 1.29 is 14.0 Å². The van der Waals surface area contributed by atoms with E-state index in [0.29, 0.717) is 27.8 Å². The van der Waals surface area contributed by atoms with E-state index in [-0.39, 0.29) is 10.7 Å². The van der Waals surface area contributed by atoms with Gasteiger partial charge in [-0.25, -0.2) is 0 Å². The lowest BCUT2D eigenvalue weighted by atomic mass is 10.1. The highest BCUT2D eigenvalue weighted by molar-refractivity contribution is 7.80. The van der Waals surface area contributed by atoms with E-state index in [1.807, 2.05) is 0 Å². The molecule has 0 radical (unpaired) electrons. The summed E-state index contributed by atoms with van der Waals surface area (Å²) in [4.78, 5) is 26.6. The van der Waals surface area contributed by atoms with E-state index in [4.69, 9.17) is 33.5 Å². The van der Waals surface area contributed by atoms with Gasteiger partial charge in [-0.2, -0.15) is 5.26 Å². The second-order valence-corrected chi connectivity index (χ2v) is 7.15. The number of hydrogen-bond donors (Lipinski definition) is 1. The Morgan fingerprint density at radius 1 is 1.10 bits per heavy atom. The average Bonchev–Trinajstić information content (AvgIpc) is 3.20. The van der Waals surface area contributed by atoms with Crippen LogP contribution in [0.4, 0.5) is 5.69 Å². The number of nitrogens with zero attached hydrogens (tertiary/aromatic N) is 2. The van der Waals surface area contributed by atoms with Crippen molar-refractivity contribution in [3.63, 3.8) is 0 Å². The summed E-state index contributed by atoms with van der Waals surface area (Å²) >= 11 is 11.2. The number of anilines is 1. The van der Waals surface area contributed by atoms with Crippen LogP contribution in [0.25, 0.3) is 17.4 Å². The van der Waals surface area contributed by atoms with E-state index in [0.717, 1.165) is 5.56 Å². The molecule has 1 saturated heterocycles. The van der Waals surface area contributed by atoms with Gasteiger partial charge in [-0.3, -0.25) is 19.8 Å². The number of nitriles is 1. The molecule has 1 N–H and O–H groups in total. The number of amides is 2. The molecule has 3 aromatic rings. The molecule has 0 unspecified atom stereocenters. The Hall–Kier alpha value is -3.73. The number of furan rings is 1. The van der Waals surface area contributed by atoms with Gasteiger partial charge >= 0.3 is 0 Å². The third kappa shape index (κ3) is 3.74. The highest BCUT2D eigenvalue weighted by atomic mass is 35.5. The summed E-state index contributed by atoms with van der Waals surface area (Å²) < 4.78 is 5.77. The molecule has 0 saturated carbocycles. The van der Waals surface area contributed by atoms with Crippen molar-refractivity contribution in [1.82, 2.24) is 5.32 Å². The molecule has 0 spiro atoms. The maximum absolute atomic E-state index is 13.0. The fourth-order valence-electron chi connectivity index (χ4n) is 2.94. The number of hydrogen-bond acceptors (Lipinski definition) is 5. The van der Waals surface area contributed by atoms with Gasteiger partial charge in [0.2, 0.25) is 0 Å². The zero-order chi connectivity index (χ0) is 21.3. The third-order valence-corrected chi connectivity index (χ3v) is 4.90. The molecule has 2 amide bonds. The van der Waals surface area contributed by atoms with Crippen LogP contribution in [-0.4, -0.2) is 16.9 Å². The first-order valence-electron chi connectivity index (χ1n) is 8.73. The first-order valence-corrected chi connectivity index (χ1v) is 9.52. The molecule has 4 rings (SSSR count). The smallest absolute Gasteiger partial charge is 0.270 e. The molecule has 0 aliphatic carbocycles. The molecule has 2 heterocycles. The van der Waals surface area contributed by atoms with Gasteiger partial charge in [0.25, 0.3) is 11.8 Å². The minimum Gasteiger partial charge on any atom is -0.457 e. The van der Waals surface area contributed by atoms with E-state index >= 15 is 0 Å². The van der Waals surface area contributed by atoms with Crippen molar-refractivity contribution in [3.05, 3.63) is 82.6 Å². The molecule has 1 fully saturated rings. The Morgan fingerprint density at radius 3 is 2.57 bits per heavy atom. The van der Waals surface area contributed by atoms with Crippen LogP contribution in [-0.2, 0) is 9.59 Å². The first-order chi connectivity index (χ1) is 14.5. The van der Waals surface area contributed by atoms with Crippen LogP contribution in [0.2, 0.25) is 5.02 Å². The van der Waals surface area contributed by atoms with Gasteiger partial charge < -0.3 is 4.42 Å². The van der Waals surface area contributed by atoms with Crippen LogP contribution in [0.5, 0.6) is 0 Å². The maximum Gasteiger partial charge on any atom is 0.270 e. The van der Waals surface area contributed by atoms with Crippen molar-refractivity contribution in [2.45, 2.75) is 0 Å². The Kier molecular flexibility index (Phi) is 5.19. The fourth-order valence-corrected chi connectivity index (χ4v) is 3.41. The van der Waals surface area contributed by atoms with Crippen molar-refractivity contribution in [3.8, 4) is 17.4 Å². The van der Waals surface area contributed by atoms with Crippen LogP contribution in [0, 0.1) is 11.3 Å². The monoisotopic (exact) mass is 433 g/mol. The molecule has 2 aromatic carbocycles. The van der Waals surface area contributed by atoms with Gasteiger partial charge in [0.05, 0.1) is 17.3 Å². The molecular weight excluding hydrogens is 422 g/mol. The van der Waals surface area contributed by atoms with Crippen LogP contribution in [0.3, 0.4) is 0 Å². The SMILES string of the molecule is N#Cc1ccc(-c2ccc(/C=C3\C(=O)NC(=S)N(c4cccc(Cl)c4)C3=O)o2)cc1. The Morgan fingerprint density at radius 2 is 1.87 bits per heavy atom. The minimum absolute atomic E-state index is 0.0258. The van der Waals surface area contributed by atoms with E-state index < -0.39 is 11.8 Å². The number of halogens is 1. The first kappa shape index (κ1) is 19.6. The second kappa shape index (κ2) is 7.95. The molecule has 6 nitrogen and oxygen atoms in total. The lowest BCUT2D eigenvalue weighted by Gasteiger charge is -2.28. The van der Waals surface area contributed by atoms with E-state index in [9.17, 15) is 9.59 Å². The molecule has 0 bridgehead atoms. The van der Waals surface area contributed by atoms with Crippen LogP contribution >= 0.6 is 23.8 Å². The van der Waals surface area contributed by atoms with Crippen molar-refractivity contribution in [1.29, 1.82) is 5.26 Å². The number of carbonyl (C=O) groups is 2. The van der Waals surface area contributed by atoms with Gasteiger partial charge in [0.1, 0.15) is 17.1 Å². The summed E-state index contributed by atoms with van der Waals surface area (Å²) in [5.74, 6) is -0.328. The van der Waals surface area contributed by atoms with Gasteiger partial charge in [-0.15, -0.1) is 0 Å². The molecule has 8 heteroatoms. The Labute approximate surface area is 182 Å². The largest absolute Gasteiger partial charge is 0.457 e. The highest BCUT2D eigenvalue weighted by Crippen LogP contribution is 2.27. The van der Waals surface area contributed by atoms with Crippen LogP contribution in [0.15, 0.2) is 70.7 Å². The lowest BCUT2D eigenvalue weighted by Crippen LogP contribution is -2.54. The third-order valence-electron chi connectivity index (χ3n) is 4.38. The number of rotatable bonds is 3. The molecule has 1 aliphatic rings.